The number of hydrogen-bond donors (Lipinski definition) is 2. The minimum atomic E-state index is -0.130. The lowest BCUT2D eigenvalue weighted by molar-refractivity contribution is -0.121. The van der Waals surface area contributed by atoms with Crippen LogP contribution in [0.2, 0.25) is 0 Å². The lowest BCUT2D eigenvalue weighted by atomic mass is 9.85. The number of ether oxygens (including phenoxy) is 3. The quantitative estimate of drug-likeness (QED) is 0.350. The average Bonchev–Trinajstić information content (AvgIpc) is 3.29. The first-order valence-electron chi connectivity index (χ1n) is 14.0. The Bertz CT molecular complexity index is 1300. The molecule has 0 atom stereocenters. The lowest BCUT2D eigenvalue weighted by Gasteiger charge is -2.28. The number of amides is 1. The Morgan fingerprint density at radius 3 is 2.55 bits per heavy atom. The number of hydrogen-bond acceptors (Lipinski definition) is 5. The summed E-state index contributed by atoms with van der Waals surface area (Å²) in [5.74, 6) is 1.37. The number of aryl methyl sites for hydroxylation is 1. The van der Waals surface area contributed by atoms with E-state index in [1.54, 1.807) is 7.11 Å². The van der Waals surface area contributed by atoms with Crippen molar-refractivity contribution in [3.05, 3.63) is 52.4 Å². The predicted molar refractivity (Wildman–Crippen MR) is 148 cm³/mol. The zero-order chi connectivity index (χ0) is 26.5. The highest BCUT2D eigenvalue weighted by molar-refractivity contribution is 5.92. The van der Waals surface area contributed by atoms with Crippen LogP contribution in [0.3, 0.4) is 0 Å². The van der Waals surface area contributed by atoms with Crippen molar-refractivity contribution < 1.29 is 19.0 Å². The summed E-state index contributed by atoms with van der Waals surface area (Å²) >= 11 is 0. The highest BCUT2D eigenvalue weighted by atomic mass is 16.5. The van der Waals surface area contributed by atoms with Gasteiger partial charge in [-0.1, -0.05) is 31.4 Å². The van der Waals surface area contributed by atoms with Gasteiger partial charge in [-0.3, -0.25) is 9.36 Å². The van der Waals surface area contributed by atoms with Gasteiger partial charge in [0.05, 0.1) is 25.3 Å². The van der Waals surface area contributed by atoms with E-state index in [0.29, 0.717) is 25.1 Å². The van der Waals surface area contributed by atoms with E-state index < -0.39 is 0 Å². The highest BCUT2D eigenvalue weighted by Crippen LogP contribution is 2.35. The summed E-state index contributed by atoms with van der Waals surface area (Å²) in [6.07, 6.45) is 9.40. The summed E-state index contributed by atoms with van der Waals surface area (Å²) < 4.78 is 19.2. The Kier molecular flexibility index (Phi) is 8.37. The molecule has 2 saturated carbocycles. The SMILES string of the molecule is COc1cc(NC(=O)[C@H]2CC[C@@H](n3c(=O)[nH]c4c(OCCOC5CCCCC5)cccc43)CC2)ccc1C. The summed E-state index contributed by atoms with van der Waals surface area (Å²) in [4.78, 5) is 29.0. The number of carbonyl (C=O) groups excluding carboxylic acids is 1. The molecule has 0 spiro atoms. The van der Waals surface area contributed by atoms with Crippen LogP contribution in [0.4, 0.5) is 5.69 Å². The molecule has 0 radical (unpaired) electrons. The molecule has 5 rings (SSSR count). The number of nitrogens with one attached hydrogen (secondary N) is 2. The van der Waals surface area contributed by atoms with E-state index in [0.717, 1.165) is 66.6 Å². The third-order valence-corrected chi connectivity index (χ3v) is 8.07. The number of aromatic nitrogens is 2. The van der Waals surface area contributed by atoms with Crippen molar-refractivity contribution >= 4 is 22.6 Å². The van der Waals surface area contributed by atoms with E-state index in [4.69, 9.17) is 14.2 Å². The van der Waals surface area contributed by atoms with E-state index in [1.165, 1.54) is 19.3 Å². The molecule has 2 aliphatic carbocycles. The number of imidazole rings is 1. The van der Waals surface area contributed by atoms with Gasteiger partial charge in [0.15, 0.2) is 0 Å². The second kappa shape index (κ2) is 12.1. The fourth-order valence-corrected chi connectivity index (χ4v) is 5.94. The Balaban J connectivity index is 1.19. The molecular weight excluding hydrogens is 482 g/mol. The van der Waals surface area contributed by atoms with Crippen LogP contribution in [0.5, 0.6) is 11.5 Å². The summed E-state index contributed by atoms with van der Waals surface area (Å²) in [7, 11) is 1.63. The minimum Gasteiger partial charge on any atom is -0.496 e. The second-order valence-electron chi connectivity index (χ2n) is 10.6. The molecule has 8 nitrogen and oxygen atoms in total. The van der Waals surface area contributed by atoms with Crippen molar-refractivity contribution in [1.82, 2.24) is 9.55 Å². The van der Waals surface area contributed by atoms with Crippen molar-refractivity contribution in [1.29, 1.82) is 0 Å². The molecule has 2 fully saturated rings. The summed E-state index contributed by atoms with van der Waals surface area (Å²) in [6, 6.07) is 11.5. The van der Waals surface area contributed by atoms with Crippen LogP contribution in [0.15, 0.2) is 41.2 Å². The number of nitrogens with zero attached hydrogens (tertiary/aromatic N) is 1. The monoisotopic (exact) mass is 521 g/mol. The smallest absolute Gasteiger partial charge is 0.326 e. The molecule has 2 aromatic carbocycles. The van der Waals surface area contributed by atoms with Gasteiger partial charge >= 0.3 is 5.69 Å². The van der Waals surface area contributed by atoms with Crippen molar-refractivity contribution in [3.8, 4) is 11.5 Å². The van der Waals surface area contributed by atoms with Gasteiger partial charge in [-0.25, -0.2) is 4.79 Å². The fourth-order valence-electron chi connectivity index (χ4n) is 5.94. The number of rotatable bonds is 9. The number of carbonyl (C=O) groups is 1. The van der Waals surface area contributed by atoms with E-state index in [9.17, 15) is 9.59 Å². The first-order valence-corrected chi connectivity index (χ1v) is 14.0. The maximum Gasteiger partial charge on any atom is 0.326 e. The minimum absolute atomic E-state index is 0.0201. The Morgan fingerprint density at radius 2 is 1.79 bits per heavy atom. The number of benzene rings is 2. The number of anilines is 1. The van der Waals surface area contributed by atoms with Crippen LogP contribution in [0, 0.1) is 12.8 Å². The molecule has 0 saturated heterocycles. The summed E-state index contributed by atoms with van der Waals surface area (Å²) in [5, 5.41) is 3.04. The highest BCUT2D eigenvalue weighted by Gasteiger charge is 2.29. The van der Waals surface area contributed by atoms with Crippen molar-refractivity contribution in [2.75, 3.05) is 25.6 Å². The molecule has 0 bridgehead atoms. The summed E-state index contributed by atoms with van der Waals surface area (Å²) in [6.45, 7) is 2.98. The largest absolute Gasteiger partial charge is 0.496 e. The van der Waals surface area contributed by atoms with Crippen LogP contribution in [0.25, 0.3) is 11.0 Å². The number of methoxy groups -OCH3 is 1. The molecule has 2 aliphatic rings. The van der Waals surface area contributed by atoms with Crippen LogP contribution < -0.4 is 20.5 Å². The molecule has 204 valence electrons. The van der Waals surface area contributed by atoms with E-state index >= 15 is 0 Å². The lowest BCUT2D eigenvalue weighted by Crippen LogP contribution is -2.31. The number of H-pyrrole nitrogens is 1. The second-order valence-corrected chi connectivity index (χ2v) is 10.6. The zero-order valence-electron chi connectivity index (χ0n) is 22.5. The maximum atomic E-state index is 13.0. The average molecular weight is 522 g/mol. The van der Waals surface area contributed by atoms with Gasteiger partial charge in [0.2, 0.25) is 5.91 Å². The molecule has 0 aliphatic heterocycles. The molecule has 1 aromatic heterocycles. The van der Waals surface area contributed by atoms with Gasteiger partial charge in [0.25, 0.3) is 0 Å². The van der Waals surface area contributed by atoms with Crippen molar-refractivity contribution in [2.24, 2.45) is 5.92 Å². The third-order valence-electron chi connectivity index (χ3n) is 8.07. The first-order chi connectivity index (χ1) is 18.5. The van der Waals surface area contributed by atoms with Crippen LogP contribution in [-0.4, -0.2) is 41.9 Å². The number of aromatic amines is 1. The van der Waals surface area contributed by atoms with E-state index in [2.05, 4.69) is 10.3 Å². The predicted octanol–water partition coefficient (Wildman–Crippen LogP) is 5.74. The van der Waals surface area contributed by atoms with E-state index in [-0.39, 0.29) is 23.6 Å². The third kappa shape index (κ3) is 5.90. The standard InChI is InChI=1S/C30H39N3O5/c1-20-11-14-22(19-27(20)36-2)31-29(34)21-12-15-23(16-13-21)33-25-9-6-10-26(28(25)32-30(33)35)38-18-17-37-24-7-4-3-5-8-24/h6,9-11,14,19,21,23-24H,3-5,7-8,12-13,15-18H2,1-2H3,(H,31,34)(H,32,35)/t21-,23+. The van der Waals surface area contributed by atoms with Gasteiger partial charge < -0.3 is 24.5 Å². The topological polar surface area (TPSA) is 94.6 Å². The molecule has 38 heavy (non-hydrogen) atoms. The van der Waals surface area contributed by atoms with Crippen LogP contribution >= 0.6 is 0 Å². The van der Waals surface area contributed by atoms with Crippen molar-refractivity contribution in [3.63, 3.8) is 0 Å². The molecule has 1 amide bonds. The van der Waals surface area contributed by atoms with Crippen LogP contribution in [0.1, 0.15) is 69.4 Å². The van der Waals surface area contributed by atoms with Crippen molar-refractivity contribution in [2.45, 2.75) is 76.9 Å². The van der Waals surface area contributed by atoms with Gasteiger partial charge in [0.1, 0.15) is 23.6 Å². The molecule has 0 unspecified atom stereocenters. The maximum absolute atomic E-state index is 13.0. The zero-order valence-corrected chi connectivity index (χ0v) is 22.5. The molecule has 8 heteroatoms. The van der Waals surface area contributed by atoms with Gasteiger partial charge in [-0.05, 0) is 69.2 Å². The van der Waals surface area contributed by atoms with Gasteiger partial charge in [-0.15, -0.1) is 0 Å². The Hall–Kier alpha value is -3.26. The Morgan fingerprint density at radius 1 is 1.00 bits per heavy atom. The summed E-state index contributed by atoms with van der Waals surface area (Å²) in [5.41, 5.74) is 3.21. The molecule has 3 aromatic rings. The van der Waals surface area contributed by atoms with E-state index in [1.807, 2.05) is 47.9 Å². The molecule has 2 N–H and O–H groups in total. The first kappa shape index (κ1) is 26.4. The van der Waals surface area contributed by atoms with Gasteiger partial charge in [0, 0.05) is 23.7 Å². The molecule has 1 heterocycles. The van der Waals surface area contributed by atoms with Gasteiger partial charge in [-0.2, -0.15) is 0 Å². The number of para-hydroxylation sites is 1. The Labute approximate surface area is 223 Å². The van der Waals surface area contributed by atoms with Crippen LogP contribution in [-0.2, 0) is 9.53 Å². The fraction of sp³-hybridized carbons (Fsp3) is 0.533. The molecular formula is C30H39N3O5. The number of fused-ring (bicyclic) bond motifs is 1. The normalized spacial score (nSPS) is 20.4.